The quantitative estimate of drug-likeness (QED) is 0.758. The number of anilines is 1. The zero-order valence-electron chi connectivity index (χ0n) is 8.95. The molecule has 3 nitrogen and oxygen atoms in total. The van der Waals surface area contributed by atoms with Crippen LogP contribution in [0.15, 0.2) is 5.38 Å². The highest BCUT2D eigenvalue weighted by atomic mass is 35.5. The number of hydrogen-bond donors (Lipinski definition) is 0. The molecule has 0 aliphatic carbocycles. The highest BCUT2D eigenvalue weighted by Gasteiger charge is 2.18. The number of piperazine rings is 1. The van der Waals surface area contributed by atoms with Crippen LogP contribution in [0.25, 0.3) is 0 Å². The van der Waals surface area contributed by atoms with E-state index >= 15 is 0 Å². The average molecular weight is 246 g/mol. The maximum absolute atomic E-state index is 5.73. The van der Waals surface area contributed by atoms with Crippen LogP contribution in [0.1, 0.15) is 5.69 Å². The fraction of sp³-hybridized carbons (Fsp3) is 0.700. The lowest BCUT2D eigenvalue weighted by Gasteiger charge is -2.34. The summed E-state index contributed by atoms with van der Waals surface area (Å²) in [5.74, 6) is 0.733. The average Bonchev–Trinajstić information content (AvgIpc) is 2.67. The molecule has 0 radical (unpaired) electrons. The number of halogens is 1. The van der Waals surface area contributed by atoms with E-state index < -0.39 is 0 Å². The van der Waals surface area contributed by atoms with Gasteiger partial charge in [0.25, 0.3) is 0 Å². The van der Waals surface area contributed by atoms with Crippen molar-refractivity contribution < 1.29 is 0 Å². The molecule has 0 atom stereocenters. The Morgan fingerprint density at radius 3 is 2.67 bits per heavy atom. The minimum atomic E-state index is 0.733. The molecule has 1 aliphatic rings. The minimum absolute atomic E-state index is 0.733. The third-order valence-corrected chi connectivity index (χ3v) is 3.84. The number of alkyl halides is 1. The molecule has 84 valence electrons. The first-order chi connectivity index (χ1) is 7.29. The molecular formula is C10H16ClN3S. The monoisotopic (exact) mass is 245 g/mol. The number of thiazole rings is 1. The Bertz CT molecular complexity index is 307. The zero-order chi connectivity index (χ0) is 10.7. The molecule has 1 aromatic heterocycles. The van der Waals surface area contributed by atoms with Gasteiger partial charge < -0.3 is 4.90 Å². The van der Waals surface area contributed by atoms with E-state index in [2.05, 4.69) is 20.2 Å². The molecule has 0 bridgehead atoms. The van der Waals surface area contributed by atoms with Gasteiger partial charge in [-0.05, 0) is 6.92 Å². The molecule has 0 amide bonds. The number of rotatable bonds is 3. The predicted molar refractivity (Wildman–Crippen MR) is 66.2 cm³/mol. The summed E-state index contributed by atoms with van der Waals surface area (Å²) in [6, 6.07) is 0. The van der Waals surface area contributed by atoms with Crippen LogP contribution in [-0.2, 0) is 0 Å². The van der Waals surface area contributed by atoms with Crippen LogP contribution in [0, 0.1) is 6.92 Å². The Labute approximate surface area is 99.7 Å². The molecule has 0 spiro atoms. The highest BCUT2D eigenvalue weighted by molar-refractivity contribution is 7.13. The molecule has 1 aliphatic heterocycles. The van der Waals surface area contributed by atoms with E-state index in [1.807, 2.05) is 6.92 Å². The summed E-state index contributed by atoms with van der Waals surface area (Å²) in [4.78, 5) is 9.28. The molecule has 0 unspecified atom stereocenters. The van der Waals surface area contributed by atoms with E-state index in [0.717, 1.165) is 49.4 Å². The molecule has 0 aromatic carbocycles. The van der Waals surface area contributed by atoms with Gasteiger partial charge in [-0.15, -0.1) is 22.9 Å². The van der Waals surface area contributed by atoms with Crippen molar-refractivity contribution in [3.63, 3.8) is 0 Å². The van der Waals surface area contributed by atoms with Crippen LogP contribution in [0.3, 0.4) is 0 Å². The zero-order valence-corrected chi connectivity index (χ0v) is 10.5. The second-order valence-corrected chi connectivity index (χ2v) is 5.00. The molecule has 5 heteroatoms. The molecule has 1 fully saturated rings. The molecule has 0 N–H and O–H groups in total. The summed E-state index contributed by atoms with van der Waals surface area (Å²) in [5.41, 5.74) is 1.12. The SMILES string of the molecule is Cc1csc(N2CCN(CCCl)CC2)n1. The summed E-state index contributed by atoms with van der Waals surface area (Å²) < 4.78 is 0. The maximum Gasteiger partial charge on any atom is 0.185 e. The predicted octanol–water partition coefficient (Wildman–Crippen LogP) is 1.81. The molecule has 1 aromatic rings. The van der Waals surface area contributed by atoms with Crippen molar-refractivity contribution >= 4 is 28.1 Å². The Morgan fingerprint density at radius 2 is 2.13 bits per heavy atom. The molecule has 0 saturated carbocycles. The molecule has 1 saturated heterocycles. The Morgan fingerprint density at radius 1 is 1.40 bits per heavy atom. The van der Waals surface area contributed by atoms with Crippen molar-refractivity contribution in [2.24, 2.45) is 0 Å². The molecule has 15 heavy (non-hydrogen) atoms. The van der Waals surface area contributed by atoms with Crippen LogP contribution in [0.4, 0.5) is 5.13 Å². The van der Waals surface area contributed by atoms with Crippen LogP contribution in [0.5, 0.6) is 0 Å². The summed E-state index contributed by atoms with van der Waals surface area (Å²) in [5, 5.41) is 3.28. The van der Waals surface area contributed by atoms with Crippen molar-refractivity contribution in [3.05, 3.63) is 11.1 Å². The smallest absolute Gasteiger partial charge is 0.185 e. The molecule has 2 rings (SSSR count). The topological polar surface area (TPSA) is 19.4 Å². The van der Waals surface area contributed by atoms with Crippen LogP contribution in [0.2, 0.25) is 0 Å². The van der Waals surface area contributed by atoms with E-state index in [0.29, 0.717) is 0 Å². The van der Waals surface area contributed by atoms with E-state index in [-0.39, 0.29) is 0 Å². The van der Waals surface area contributed by atoms with Gasteiger partial charge in [0.05, 0.1) is 5.69 Å². The van der Waals surface area contributed by atoms with Gasteiger partial charge in [0.1, 0.15) is 0 Å². The summed E-state index contributed by atoms with van der Waals surface area (Å²) in [6.07, 6.45) is 0. The third kappa shape index (κ3) is 2.83. The number of aryl methyl sites for hydroxylation is 1. The van der Waals surface area contributed by atoms with Crippen LogP contribution in [-0.4, -0.2) is 48.5 Å². The van der Waals surface area contributed by atoms with Gasteiger partial charge in [0, 0.05) is 44.0 Å². The largest absolute Gasteiger partial charge is 0.346 e. The fourth-order valence-corrected chi connectivity index (χ4v) is 2.87. The van der Waals surface area contributed by atoms with Gasteiger partial charge in [0.15, 0.2) is 5.13 Å². The third-order valence-electron chi connectivity index (χ3n) is 2.65. The summed E-state index contributed by atoms with van der Waals surface area (Å²) in [7, 11) is 0. The fourth-order valence-electron chi connectivity index (χ4n) is 1.77. The van der Waals surface area contributed by atoms with Gasteiger partial charge >= 0.3 is 0 Å². The van der Waals surface area contributed by atoms with Crippen LogP contribution >= 0.6 is 22.9 Å². The minimum Gasteiger partial charge on any atom is -0.346 e. The van der Waals surface area contributed by atoms with Gasteiger partial charge in [-0.3, -0.25) is 4.90 Å². The highest BCUT2D eigenvalue weighted by Crippen LogP contribution is 2.21. The normalized spacial score (nSPS) is 18.4. The first kappa shape index (κ1) is 11.2. The van der Waals surface area contributed by atoms with E-state index in [4.69, 9.17) is 11.6 Å². The van der Waals surface area contributed by atoms with Crippen molar-refractivity contribution in [2.45, 2.75) is 6.92 Å². The van der Waals surface area contributed by atoms with E-state index in [9.17, 15) is 0 Å². The first-order valence-electron chi connectivity index (χ1n) is 5.25. The second-order valence-electron chi connectivity index (χ2n) is 3.79. The van der Waals surface area contributed by atoms with Gasteiger partial charge in [-0.2, -0.15) is 0 Å². The van der Waals surface area contributed by atoms with Crippen LogP contribution < -0.4 is 4.90 Å². The lowest BCUT2D eigenvalue weighted by Crippen LogP contribution is -2.46. The lowest BCUT2D eigenvalue weighted by atomic mass is 10.3. The lowest BCUT2D eigenvalue weighted by molar-refractivity contribution is 0.272. The van der Waals surface area contributed by atoms with Crippen molar-refractivity contribution in [1.29, 1.82) is 0 Å². The molecular weight excluding hydrogens is 230 g/mol. The van der Waals surface area contributed by atoms with Crippen molar-refractivity contribution in [2.75, 3.05) is 43.5 Å². The standard InChI is InChI=1S/C10H16ClN3S/c1-9-8-15-10(12-9)14-6-4-13(3-2-11)5-7-14/h8H,2-7H2,1H3. The number of nitrogens with zero attached hydrogens (tertiary/aromatic N) is 3. The Balaban J connectivity index is 1.88. The Hall–Kier alpha value is -0.320. The molecule has 2 heterocycles. The number of aromatic nitrogens is 1. The summed E-state index contributed by atoms with van der Waals surface area (Å²) >= 11 is 7.47. The van der Waals surface area contributed by atoms with Gasteiger partial charge in [-0.25, -0.2) is 4.98 Å². The Kier molecular flexibility index (Phi) is 3.83. The second kappa shape index (κ2) is 5.14. The van der Waals surface area contributed by atoms with Gasteiger partial charge in [-0.1, -0.05) is 0 Å². The van der Waals surface area contributed by atoms with Crippen molar-refractivity contribution in [1.82, 2.24) is 9.88 Å². The first-order valence-corrected chi connectivity index (χ1v) is 6.66. The summed E-state index contributed by atoms with van der Waals surface area (Å²) in [6.45, 7) is 7.40. The van der Waals surface area contributed by atoms with Gasteiger partial charge in [0.2, 0.25) is 0 Å². The van der Waals surface area contributed by atoms with Crippen molar-refractivity contribution in [3.8, 4) is 0 Å². The van der Waals surface area contributed by atoms with E-state index in [1.54, 1.807) is 11.3 Å². The number of hydrogen-bond acceptors (Lipinski definition) is 4. The van der Waals surface area contributed by atoms with E-state index in [1.165, 1.54) is 0 Å². The maximum atomic E-state index is 5.73.